The fourth-order valence-electron chi connectivity index (χ4n) is 4.98. The average Bonchev–Trinajstić information content (AvgIpc) is 2.95. The summed E-state index contributed by atoms with van der Waals surface area (Å²) in [5.74, 6) is -0.464. The molecule has 0 spiro atoms. The summed E-state index contributed by atoms with van der Waals surface area (Å²) >= 11 is 2.25. The van der Waals surface area contributed by atoms with Crippen LogP contribution in [0, 0.1) is 3.57 Å². The van der Waals surface area contributed by atoms with Crippen LogP contribution in [-0.2, 0) is 27.3 Å². The van der Waals surface area contributed by atoms with Gasteiger partial charge in [0.2, 0.25) is 0 Å². The van der Waals surface area contributed by atoms with Crippen LogP contribution >= 0.6 is 22.6 Å². The van der Waals surface area contributed by atoms with Gasteiger partial charge in [-0.3, -0.25) is 4.90 Å². The van der Waals surface area contributed by atoms with Gasteiger partial charge in [0, 0.05) is 9.99 Å². The van der Waals surface area contributed by atoms with Crippen molar-refractivity contribution in [1.29, 1.82) is 0 Å². The second kappa shape index (κ2) is 11.4. The van der Waals surface area contributed by atoms with E-state index in [9.17, 15) is 9.59 Å². The molecule has 1 saturated heterocycles. The highest BCUT2D eigenvalue weighted by Crippen LogP contribution is 2.47. The molecule has 1 heterocycles. The van der Waals surface area contributed by atoms with Gasteiger partial charge in [-0.2, -0.15) is 0 Å². The molecule has 38 heavy (non-hydrogen) atoms. The fraction of sp³-hybridized carbons (Fsp3) is 0.188. The van der Waals surface area contributed by atoms with E-state index >= 15 is 0 Å². The van der Waals surface area contributed by atoms with Crippen molar-refractivity contribution in [3.05, 3.63) is 141 Å². The molecule has 1 amide bonds. The third kappa shape index (κ3) is 5.45. The van der Waals surface area contributed by atoms with Crippen LogP contribution in [0.15, 0.2) is 115 Å². The number of nitrogens with zero attached hydrogens (tertiary/aromatic N) is 1. The van der Waals surface area contributed by atoms with E-state index in [2.05, 4.69) is 22.6 Å². The fourth-order valence-corrected chi connectivity index (χ4v) is 5.34. The molecule has 1 aliphatic rings. The molecule has 192 valence electrons. The van der Waals surface area contributed by atoms with Gasteiger partial charge >= 0.3 is 12.1 Å². The molecule has 0 unspecified atom stereocenters. The molecule has 0 aliphatic carbocycles. The van der Waals surface area contributed by atoms with Crippen molar-refractivity contribution in [2.24, 2.45) is 0 Å². The zero-order valence-electron chi connectivity index (χ0n) is 21.0. The van der Waals surface area contributed by atoms with Gasteiger partial charge in [0.15, 0.2) is 6.10 Å². The van der Waals surface area contributed by atoms with Crippen LogP contribution in [0.4, 0.5) is 4.79 Å². The first-order valence-electron chi connectivity index (χ1n) is 12.5. The van der Waals surface area contributed by atoms with Gasteiger partial charge in [0.05, 0.1) is 0 Å². The first kappa shape index (κ1) is 26.0. The molecular formula is C32H28INO4. The van der Waals surface area contributed by atoms with Gasteiger partial charge < -0.3 is 9.47 Å². The van der Waals surface area contributed by atoms with E-state index < -0.39 is 29.7 Å². The molecule has 0 radical (unpaired) electrons. The third-order valence-electron chi connectivity index (χ3n) is 6.90. The van der Waals surface area contributed by atoms with Crippen molar-refractivity contribution in [3.8, 4) is 0 Å². The summed E-state index contributed by atoms with van der Waals surface area (Å²) < 4.78 is 13.2. The lowest BCUT2D eigenvalue weighted by Gasteiger charge is -2.50. The Labute approximate surface area is 236 Å². The largest absolute Gasteiger partial charge is 0.453 e. The van der Waals surface area contributed by atoms with Gasteiger partial charge in [0.25, 0.3) is 0 Å². The van der Waals surface area contributed by atoms with Crippen molar-refractivity contribution in [2.75, 3.05) is 0 Å². The number of hydrogen-bond acceptors (Lipinski definition) is 4. The third-order valence-corrected chi connectivity index (χ3v) is 7.62. The minimum atomic E-state index is -1.30. The molecule has 1 aliphatic heterocycles. The summed E-state index contributed by atoms with van der Waals surface area (Å²) in [7, 11) is 0. The van der Waals surface area contributed by atoms with Crippen LogP contribution < -0.4 is 0 Å². The maximum Gasteiger partial charge on any atom is 0.411 e. The zero-order valence-corrected chi connectivity index (χ0v) is 23.2. The number of ether oxygens (including phenoxy) is 2. The minimum Gasteiger partial charge on any atom is -0.453 e. The van der Waals surface area contributed by atoms with E-state index in [1.165, 1.54) is 0 Å². The molecule has 3 atom stereocenters. The summed E-state index contributed by atoms with van der Waals surface area (Å²) in [6.07, 6.45) is -0.970. The first-order chi connectivity index (χ1) is 18.5. The van der Waals surface area contributed by atoms with E-state index in [-0.39, 0.29) is 13.0 Å². The van der Waals surface area contributed by atoms with Crippen molar-refractivity contribution in [2.45, 2.75) is 37.6 Å². The number of carbonyl (C=O) groups excluding carboxylic acids is 2. The number of benzene rings is 4. The predicted octanol–water partition coefficient (Wildman–Crippen LogP) is 7.27. The maximum absolute atomic E-state index is 14.0. The zero-order chi connectivity index (χ0) is 26.5. The second-order valence-corrected chi connectivity index (χ2v) is 10.8. The highest BCUT2D eigenvalue weighted by atomic mass is 127. The Bertz CT molecular complexity index is 1380. The monoisotopic (exact) mass is 617 g/mol. The summed E-state index contributed by atoms with van der Waals surface area (Å²) in [5.41, 5.74) is 2.17. The normalized spacial score (nSPS) is 21.0. The van der Waals surface area contributed by atoms with Crippen molar-refractivity contribution >= 4 is 34.7 Å². The lowest BCUT2D eigenvalue weighted by molar-refractivity contribution is -0.185. The number of halogens is 1. The molecule has 0 saturated carbocycles. The van der Waals surface area contributed by atoms with E-state index in [1.54, 1.807) is 11.8 Å². The molecule has 0 N–H and O–H groups in total. The van der Waals surface area contributed by atoms with Crippen LogP contribution in [0.2, 0.25) is 0 Å². The standard InChI is InChI=1S/C32H28INO4/c1-32(21-23-17-19-27(33)20-18-23)30(35)38-29(26-15-9-4-10-16-26)28(25-13-7-3-8-14-25)34(32)31(36)37-22-24-11-5-2-6-12-24/h2-20,28-29H,21-22H2,1H3/t28-,29+,32-/m0/s1. The molecule has 0 aromatic heterocycles. The van der Waals surface area contributed by atoms with Gasteiger partial charge in [-0.15, -0.1) is 0 Å². The lowest BCUT2D eigenvalue weighted by atomic mass is 9.83. The molecule has 6 heteroatoms. The lowest BCUT2D eigenvalue weighted by Crippen LogP contribution is -2.63. The minimum absolute atomic E-state index is 0.0995. The van der Waals surface area contributed by atoms with Crippen LogP contribution in [0.5, 0.6) is 0 Å². The Morgan fingerprint density at radius 3 is 1.97 bits per heavy atom. The molecule has 5 rings (SSSR count). The van der Waals surface area contributed by atoms with E-state index in [4.69, 9.17) is 9.47 Å². The summed E-state index contributed by atoms with van der Waals surface area (Å²) in [4.78, 5) is 29.5. The van der Waals surface area contributed by atoms with Gasteiger partial charge in [-0.25, -0.2) is 9.59 Å². The quantitative estimate of drug-likeness (QED) is 0.169. The van der Waals surface area contributed by atoms with Crippen molar-refractivity contribution < 1.29 is 19.1 Å². The average molecular weight is 617 g/mol. The first-order valence-corrected chi connectivity index (χ1v) is 13.6. The molecule has 0 bridgehead atoms. The van der Waals surface area contributed by atoms with Crippen molar-refractivity contribution in [1.82, 2.24) is 4.90 Å². The Morgan fingerprint density at radius 2 is 1.37 bits per heavy atom. The van der Waals surface area contributed by atoms with E-state index in [0.717, 1.165) is 25.8 Å². The summed E-state index contributed by atoms with van der Waals surface area (Å²) in [6.45, 7) is 1.87. The number of amides is 1. The smallest absolute Gasteiger partial charge is 0.411 e. The summed E-state index contributed by atoms with van der Waals surface area (Å²) in [6, 6.07) is 36.2. The SMILES string of the molecule is C[C@]1(Cc2ccc(I)cc2)C(=O)O[C@H](c2ccccc2)[C@H](c2ccccc2)N1C(=O)OCc1ccccc1. The highest BCUT2D eigenvalue weighted by Gasteiger charge is 2.55. The number of carbonyl (C=O) groups is 2. The Hall–Kier alpha value is -3.65. The Kier molecular flexibility index (Phi) is 7.79. The topological polar surface area (TPSA) is 55.8 Å². The molecular weight excluding hydrogens is 589 g/mol. The van der Waals surface area contributed by atoms with Crippen molar-refractivity contribution in [3.63, 3.8) is 0 Å². The van der Waals surface area contributed by atoms with Gasteiger partial charge in [-0.1, -0.05) is 103 Å². The van der Waals surface area contributed by atoms with Crippen LogP contribution in [0.3, 0.4) is 0 Å². The predicted molar refractivity (Wildman–Crippen MR) is 154 cm³/mol. The molecule has 4 aromatic rings. The van der Waals surface area contributed by atoms with Crippen LogP contribution in [0.25, 0.3) is 0 Å². The number of morpholine rings is 1. The van der Waals surface area contributed by atoms with E-state index in [1.807, 2.05) is 115 Å². The second-order valence-electron chi connectivity index (χ2n) is 9.58. The number of rotatable bonds is 6. The van der Waals surface area contributed by atoms with Gasteiger partial charge in [-0.05, 0) is 63.9 Å². The number of hydrogen-bond donors (Lipinski definition) is 0. The molecule has 1 fully saturated rings. The van der Waals surface area contributed by atoms with E-state index in [0.29, 0.717) is 0 Å². The van der Waals surface area contributed by atoms with Crippen LogP contribution in [0.1, 0.15) is 41.3 Å². The molecule has 5 nitrogen and oxygen atoms in total. The number of esters is 1. The number of cyclic esters (lactones) is 1. The summed E-state index contributed by atoms with van der Waals surface area (Å²) in [5, 5.41) is 0. The van der Waals surface area contributed by atoms with Gasteiger partial charge in [0.1, 0.15) is 18.2 Å². The Morgan fingerprint density at radius 1 is 0.816 bits per heavy atom. The maximum atomic E-state index is 14.0. The highest BCUT2D eigenvalue weighted by molar-refractivity contribution is 14.1. The van der Waals surface area contributed by atoms with Crippen LogP contribution in [-0.4, -0.2) is 22.5 Å². The Balaban J connectivity index is 1.60. The molecule has 4 aromatic carbocycles.